The second-order valence-corrected chi connectivity index (χ2v) is 13.5. The van der Waals surface area contributed by atoms with Crippen LogP contribution in [0.2, 0.25) is 0 Å². The molecule has 0 N–H and O–H groups in total. The lowest BCUT2D eigenvalue weighted by Gasteiger charge is -2.60. The Balaban J connectivity index is 1.30. The second-order valence-electron chi connectivity index (χ2n) is 13.5. The minimum absolute atomic E-state index is 0.0406. The first-order valence-electron chi connectivity index (χ1n) is 14.6. The number of esters is 2. The van der Waals surface area contributed by atoms with Gasteiger partial charge in [0.1, 0.15) is 18.0 Å². The van der Waals surface area contributed by atoms with Crippen LogP contribution in [0.1, 0.15) is 99.3 Å². The Kier molecular flexibility index (Phi) is 7.02. The molecule has 1 aliphatic heterocycles. The molecule has 4 aliphatic carbocycles. The number of Topliss-reactive ketones (excluding diaryl/α,β-unsaturated/α-hetero) is 1. The van der Waals surface area contributed by atoms with Crippen molar-refractivity contribution in [2.75, 3.05) is 6.61 Å². The zero-order valence-electron chi connectivity index (χ0n) is 23.6. The van der Waals surface area contributed by atoms with Crippen molar-refractivity contribution in [2.24, 2.45) is 46.3 Å². The molecule has 4 saturated carbocycles. The molecule has 0 aromatic rings. The Morgan fingerprint density at radius 1 is 1.08 bits per heavy atom. The lowest BCUT2D eigenvalue weighted by molar-refractivity contribution is -0.165. The molecule has 206 valence electrons. The van der Waals surface area contributed by atoms with Crippen LogP contribution in [0.3, 0.4) is 0 Å². The highest BCUT2D eigenvalue weighted by Crippen LogP contribution is 2.68. The number of rotatable bonds is 6. The molecule has 5 aliphatic rings. The van der Waals surface area contributed by atoms with Crippen LogP contribution in [0.4, 0.5) is 0 Å². The predicted molar refractivity (Wildman–Crippen MR) is 139 cm³/mol. The van der Waals surface area contributed by atoms with Crippen molar-refractivity contribution in [1.29, 1.82) is 0 Å². The summed E-state index contributed by atoms with van der Waals surface area (Å²) < 4.78 is 17.4. The van der Waals surface area contributed by atoms with Crippen LogP contribution >= 0.6 is 0 Å². The van der Waals surface area contributed by atoms with Crippen molar-refractivity contribution in [3.05, 3.63) is 11.3 Å². The molecule has 1 heterocycles. The molecule has 0 spiro atoms. The van der Waals surface area contributed by atoms with E-state index >= 15 is 0 Å². The fraction of sp³-hybridized carbons (Fsp3) is 0.839. The van der Waals surface area contributed by atoms with Gasteiger partial charge in [-0.05, 0) is 92.4 Å². The molecule has 0 aromatic heterocycles. The molecular formula is C31H46O6. The van der Waals surface area contributed by atoms with Gasteiger partial charge in [0.05, 0.1) is 12.4 Å². The zero-order valence-corrected chi connectivity index (χ0v) is 23.6. The fourth-order valence-corrected chi connectivity index (χ4v) is 9.55. The van der Waals surface area contributed by atoms with Gasteiger partial charge in [-0.1, -0.05) is 20.8 Å². The van der Waals surface area contributed by atoms with E-state index < -0.39 is 0 Å². The molecule has 10 atom stereocenters. The molecule has 0 bridgehead atoms. The molecule has 37 heavy (non-hydrogen) atoms. The minimum atomic E-state index is -0.334. The Morgan fingerprint density at radius 2 is 1.84 bits per heavy atom. The number of carbonyl (C=O) groups is 3. The summed E-state index contributed by atoms with van der Waals surface area (Å²) >= 11 is 0. The van der Waals surface area contributed by atoms with E-state index in [2.05, 4.69) is 27.7 Å². The number of ketones is 1. The molecular weight excluding hydrogens is 468 g/mol. The molecule has 0 saturated heterocycles. The van der Waals surface area contributed by atoms with Gasteiger partial charge in [0, 0.05) is 38.0 Å². The maximum Gasteiger partial charge on any atom is 0.302 e. The first-order chi connectivity index (χ1) is 17.4. The van der Waals surface area contributed by atoms with Crippen molar-refractivity contribution in [3.63, 3.8) is 0 Å². The van der Waals surface area contributed by atoms with Crippen molar-refractivity contribution < 1.29 is 28.6 Å². The summed E-state index contributed by atoms with van der Waals surface area (Å²) in [5.74, 6) is 3.49. The quantitative estimate of drug-likeness (QED) is 0.404. The fourth-order valence-electron chi connectivity index (χ4n) is 9.55. The largest absolute Gasteiger partial charge is 0.494 e. The third kappa shape index (κ3) is 4.44. The van der Waals surface area contributed by atoms with E-state index in [1.54, 1.807) is 0 Å². The SMILES string of the molecule is CC(=O)OC[C@@H](C)CCC1=C(C)[C@@H]2[C@H](C[C@@H]3[C@H]4CC[C@H]5C[C@@H](OC(C)=O)CC[C@]5(C)[C@@H]4CC(=O)[C@@]32C)O1. The molecule has 6 nitrogen and oxygen atoms in total. The van der Waals surface area contributed by atoms with Gasteiger partial charge in [0.15, 0.2) is 0 Å². The predicted octanol–water partition coefficient (Wildman–Crippen LogP) is 6.02. The smallest absolute Gasteiger partial charge is 0.302 e. The van der Waals surface area contributed by atoms with Gasteiger partial charge in [-0.2, -0.15) is 0 Å². The Morgan fingerprint density at radius 3 is 2.54 bits per heavy atom. The maximum absolute atomic E-state index is 14.1. The van der Waals surface area contributed by atoms with Gasteiger partial charge in [0.2, 0.25) is 0 Å². The van der Waals surface area contributed by atoms with Gasteiger partial charge < -0.3 is 14.2 Å². The first kappa shape index (κ1) is 26.7. The molecule has 0 radical (unpaired) electrons. The third-order valence-electron chi connectivity index (χ3n) is 11.5. The number of carbonyl (C=O) groups excluding carboxylic acids is 3. The van der Waals surface area contributed by atoms with Crippen molar-refractivity contribution in [1.82, 2.24) is 0 Å². The third-order valence-corrected chi connectivity index (χ3v) is 11.5. The second kappa shape index (κ2) is 9.72. The number of fused-ring (bicyclic) bond motifs is 7. The van der Waals surface area contributed by atoms with Crippen LogP contribution in [-0.4, -0.2) is 36.5 Å². The normalized spacial score (nSPS) is 43.2. The van der Waals surface area contributed by atoms with Crippen LogP contribution < -0.4 is 0 Å². The van der Waals surface area contributed by atoms with Gasteiger partial charge >= 0.3 is 11.9 Å². The topological polar surface area (TPSA) is 78.9 Å². The van der Waals surface area contributed by atoms with E-state index in [-0.39, 0.29) is 46.8 Å². The van der Waals surface area contributed by atoms with Gasteiger partial charge in [-0.15, -0.1) is 0 Å². The van der Waals surface area contributed by atoms with Crippen molar-refractivity contribution in [3.8, 4) is 0 Å². The van der Waals surface area contributed by atoms with Crippen molar-refractivity contribution in [2.45, 2.75) is 112 Å². The van der Waals surface area contributed by atoms with E-state index in [4.69, 9.17) is 14.2 Å². The monoisotopic (exact) mass is 514 g/mol. The van der Waals surface area contributed by atoms with E-state index in [1.165, 1.54) is 32.3 Å². The van der Waals surface area contributed by atoms with Gasteiger partial charge in [-0.3, -0.25) is 14.4 Å². The Hall–Kier alpha value is -1.85. The van der Waals surface area contributed by atoms with E-state index in [0.29, 0.717) is 42.5 Å². The summed E-state index contributed by atoms with van der Waals surface area (Å²) in [5, 5.41) is 0. The summed E-state index contributed by atoms with van der Waals surface area (Å²) in [6.07, 6.45) is 8.83. The maximum atomic E-state index is 14.1. The number of allylic oxidation sites excluding steroid dienone is 1. The number of hydrogen-bond donors (Lipinski definition) is 0. The molecule has 0 aromatic carbocycles. The summed E-state index contributed by atoms with van der Waals surface area (Å²) in [7, 11) is 0. The first-order valence-corrected chi connectivity index (χ1v) is 14.6. The highest BCUT2D eigenvalue weighted by Gasteiger charge is 2.67. The van der Waals surface area contributed by atoms with Crippen LogP contribution in [-0.2, 0) is 28.6 Å². The van der Waals surface area contributed by atoms with Crippen LogP contribution in [0.25, 0.3) is 0 Å². The average molecular weight is 515 g/mol. The summed E-state index contributed by atoms with van der Waals surface area (Å²) in [5.41, 5.74) is 1.10. The van der Waals surface area contributed by atoms with Crippen LogP contribution in [0.5, 0.6) is 0 Å². The Bertz CT molecular complexity index is 984. The zero-order chi connectivity index (χ0) is 26.7. The van der Waals surface area contributed by atoms with Crippen molar-refractivity contribution >= 4 is 17.7 Å². The average Bonchev–Trinajstić information content (AvgIpc) is 3.31. The standard InChI is InChI=1S/C31H46O6/c1-17(16-35-19(3)32)7-10-26-18(2)29-27(37-26)14-25-23-9-8-21-13-22(36-20(4)33)11-12-30(21,5)24(23)15-28(34)31(25,29)6/h17,21-25,27,29H,7-16H2,1-6H3/t17-,21-,22-,23-,24+,25+,27-,29+,30-,31+/m0/s1. The molecule has 6 heteroatoms. The van der Waals surface area contributed by atoms with E-state index in [0.717, 1.165) is 44.3 Å². The molecule has 4 fully saturated rings. The lowest BCUT2D eigenvalue weighted by atomic mass is 9.44. The Labute approximate surface area is 222 Å². The summed E-state index contributed by atoms with van der Waals surface area (Å²) in [6, 6.07) is 0. The molecule has 0 amide bonds. The highest BCUT2D eigenvalue weighted by molar-refractivity contribution is 5.87. The minimum Gasteiger partial charge on any atom is -0.494 e. The number of hydrogen-bond acceptors (Lipinski definition) is 6. The van der Waals surface area contributed by atoms with E-state index in [9.17, 15) is 14.4 Å². The van der Waals surface area contributed by atoms with Crippen LogP contribution in [0, 0.1) is 46.3 Å². The summed E-state index contributed by atoms with van der Waals surface area (Å²) in [4.78, 5) is 36.8. The highest BCUT2D eigenvalue weighted by atomic mass is 16.5. The summed E-state index contributed by atoms with van der Waals surface area (Å²) in [6.45, 7) is 12.4. The molecule has 0 unspecified atom stereocenters. The molecule has 5 rings (SSSR count). The van der Waals surface area contributed by atoms with Gasteiger partial charge in [-0.25, -0.2) is 0 Å². The van der Waals surface area contributed by atoms with Crippen LogP contribution in [0.15, 0.2) is 11.3 Å². The van der Waals surface area contributed by atoms with Gasteiger partial charge in [0.25, 0.3) is 0 Å². The van der Waals surface area contributed by atoms with E-state index in [1.807, 2.05) is 0 Å². The number of ether oxygens (including phenoxy) is 3. The lowest BCUT2D eigenvalue weighted by Crippen LogP contribution is -2.57.